The Hall–Kier alpha value is -1.71. The molecule has 0 saturated carbocycles. The predicted octanol–water partition coefficient (Wildman–Crippen LogP) is 2.02. The first-order valence-corrected chi connectivity index (χ1v) is 4.00. The molecule has 0 unspecified atom stereocenters. The van der Waals surface area contributed by atoms with Crippen LogP contribution in [0.5, 0.6) is 0 Å². The molecule has 0 atom stereocenters. The Labute approximate surface area is 75.9 Å². The van der Waals surface area contributed by atoms with Crippen molar-refractivity contribution in [2.45, 2.75) is 6.92 Å². The van der Waals surface area contributed by atoms with Gasteiger partial charge in [0.05, 0.1) is 5.56 Å². The van der Waals surface area contributed by atoms with E-state index in [-0.39, 0.29) is 0 Å². The van der Waals surface area contributed by atoms with Crippen LogP contribution in [0, 0.1) is 4.91 Å². The third-order valence-electron chi connectivity index (χ3n) is 1.61. The van der Waals surface area contributed by atoms with E-state index in [9.17, 15) is 9.70 Å². The van der Waals surface area contributed by atoms with Crippen LogP contribution in [0.1, 0.15) is 17.3 Å². The average molecular weight is 178 g/mol. The molecule has 1 amide bonds. The molecule has 0 heterocycles. The van der Waals surface area contributed by atoms with Gasteiger partial charge in [-0.15, -0.1) is 4.91 Å². The van der Waals surface area contributed by atoms with Crippen LogP contribution in [0.4, 0.5) is 5.69 Å². The fourth-order valence-electron chi connectivity index (χ4n) is 1.06. The number of nitroso groups, excluding NO2 is 1. The molecule has 1 N–H and O–H groups in total. The molecular weight excluding hydrogens is 168 g/mol. The molecular formula is C9H10N2O2. The van der Waals surface area contributed by atoms with Gasteiger partial charge in [-0.25, -0.2) is 0 Å². The van der Waals surface area contributed by atoms with Gasteiger partial charge in [0.2, 0.25) is 0 Å². The molecule has 68 valence electrons. The number of amides is 1. The fourth-order valence-corrected chi connectivity index (χ4v) is 1.06. The molecule has 4 nitrogen and oxygen atoms in total. The van der Waals surface area contributed by atoms with Crippen molar-refractivity contribution in [3.63, 3.8) is 0 Å². The fraction of sp³-hybridized carbons (Fsp3) is 0.222. The molecule has 1 aromatic carbocycles. The van der Waals surface area contributed by atoms with Gasteiger partial charge >= 0.3 is 5.91 Å². The van der Waals surface area contributed by atoms with Crippen molar-refractivity contribution in [3.05, 3.63) is 34.7 Å². The second-order valence-corrected chi connectivity index (χ2v) is 2.47. The van der Waals surface area contributed by atoms with Crippen LogP contribution in [-0.4, -0.2) is 12.5 Å². The Kier molecular flexibility index (Phi) is 3.14. The molecule has 0 aromatic heterocycles. The normalized spacial score (nSPS) is 9.31. The van der Waals surface area contributed by atoms with E-state index in [1.807, 2.05) is 6.92 Å². The minimum Gasteiger partial charge on any atom is -0.385 e. The molecule has 0 bridgehead atoms. The molecule has 1 rings (SSSR count). The molecule has 1 aromatic rings. The first-order chi connectivity index (χ1) is 6.29. The molecule has 0 aliphatic carbocycles. The van der Waals surface area contributed by atoms with Gasteiger partial charge in [-0.3, -0.25) is 4.79 Å². The SMILES string of the molecule is CCNc1ccccc1C(=O)N=O. The highest BCUT2D eigenvalue weighted by Crippen LogP contribution is 2.15. The summed E-state index contributed by atoms with van der Waals surface area (Å²) in [7, 11) is 0. The maximum absolute atomic E-state index is 11.0. The smallest absolute Gasteiger partial charge is 0.318 e. The lowest BCUT2D eigenvalue weighted by Crippen LogP contribution is -2.03. The van der Waals surface area contributed by atoms with Gasteiger partial charge in [-0.2, -0.15) is 0 Å². The zero-order valence-corrected chi connectivity index (χ0v) is 7.28. The highest BCUT2D eigenvalue weighted by molar-refractivity contribution is 6.00. The van der Waals surface area contributed by atoms with Gasteiger partial charge in [0, 0.05) is 17.4 Å². The lowest BCUT2D eigenvalue weighted by atomic mass is 10.1. The third kappa shape index (κ3) is 2.11. The Balaban J connectivity index is 3.03. The van der Waals surface area contributed by atoms with Crippen molar-refractivity contribution in [3.8, 4) is 0 Å². The number of nitrogens with zero attached hydrogens (tertiary/aromatic N) is 1. The van der Waals surface area contributed by atoms with Crippen molar-refractivity contribution >= 4 is 11.6 Å². The average Bonchev–Trinajstić information content (AvgIpc) is 2.18. The molecule has 0 saturated heterocycles. The van der Waals surface area contributed by atoms with E-state index in [0.717, 1.165) is 0 Å². The summed E-state index contributed by atoms with van der Waals surface area (Å²) in [6.07, 6.45) is 0. The van der Waals surface area contributed by atoms with E-state index >= 15 is 0 Å². The number of rotatable bonds is 3. The third-order valence-corrected chi connectivity index (χ3v) is 1.61. The van der Waals surface area contributed by atoms with E-state index in [0.29, 0.717) is 17.8 Å². The van der Waals surface area contributed by atoms with Gasteiger partial charge < -0.3 is 5.32 Å². The molecule has 0 spiro atoms. The van der Waals surface area contributed by atoms with Crippen LogP contribution in [0.3, 0.4) is 0 Å². The number of para-hydroxylation sites is 1. The van der Waals surface area contributed by atoms with Crippen LogP contribution in [0.25, 0.3) is 0 Å². The zero-order chi connectivity index (χ0) is 9.68. The van der Waals surface area contributed by atoms with Crippen molar-refractivity contribution in [2.24, 2.45) is 5.18 Å². The van der Waals surface area contributed by atoms with Gasteiger partial charge in [0.1, 0.15) is 0 Å². The largest absolute Gasteiger partial charge is 0.385 e. The number of hydrogen-bond acceptors (Lipinski definition) is 3. The molecule has 0 radical (unpaired) electrons. The zero-order valence-electron chi connectivity index (χ0n) is 7.28. The number of carbonyl (C=O) groups is 1. The van der Waals surface area contributed by atoms with Gasteiger partial charge in [0.15, 0.2) is 0 Å². The van der Waals surface area contributed by atoms with Crippen molar-refractivity contribution in [2.75, 3.05) is 11.9 Å². The van der Waals surface area contributed by atoms with Crippen molar-refractivity contribution < 1.29 is 4.79 Å². The van der Waals surface area contributed by atoms with Crippen molar-refractivity contribution in [1.82, 2.24) is 0 Å². The Bertz CT molecular complexity index is 323. The highest BCUT2D eigenvalue weighted by Gasteiger charge is 2.09. The Morgan fingerprint density at radius 1 is 1.46 bits per heavy atom. The van der Waals surface area contributed by atoms with E-state index in [4.69, 9.17) is 0 Å². The number of nitrogens with one attached hydrogen (secondary N) is 1. The summed E-state index contributed by atoms with van der Waals surface area (Å²) in [4.78, 5) is 21.0. The minimum absolute atomic E-state index is 0.319. The van der Waals surface area contributed by atoms with Crippen LogP contribution in [0.2, 0.25) is 0 Å². The van der Waals surface area contributed by atoms with Gasteiger partial charge in [0.25, 0.3) is 0 Å². The maximum Gasteiger partial charge on any atom is 0.318 e. The standard InChI is InChI=1S/C9H10N2O2/c1-2-10-8-6-4-3-5-7(8)9(12)11-13/h3-6,10H,2H2,1H3. The van der Waals surface area contributed by atoms with E-state index in [1.54, 1.807) is 24.3 Å². The van der Waals surface area contributed by atoms with Crippen LogP contribution >= 0.6 is 0 Å². The number of hydrogen-bond donors (Lipinski definition) is 1. The summed E-state index contributed by atoms with van der Waals surface area (Å²) >= 11 is 0. The molecule has 0 aliphatic rings. The number of benzene rings is 1. The quantitative estimate of drug-likeness (QED) is 0.720. The lowest BCUT2D eigenvalue weighted by Gasteiger charge is -2.05. The molecule has 0 aliphatic heterocycles. The number of carbonyl (C=O) groups excluding carboxylic acids is 1. The van der Waals surface area contributed by atoms with Crippen LogP contribution in [0.15, 0.2) is 29.4 Å². The second kappa shape index (κ2) is 4.35. The summed E-state index contributed by atoms with van der Waals surface area (Å²) in [5.41, 5.74) is 0.967. The Morgan fingerprint density at radius 2 is 2.15 bits per heavy atom. The van der Waals surface area contributed by atoms with Crippen LogP contribution in [-0.2, 0) is 0 Å². The first-order valence-electron chi connectivity index (χ1n) is 4.00. The summed E-state index contributed by atoms with van der Waals surface area (Å²) in [5, 5.41) is 5.34. The van der Waals surface area contributed by atoms with E-state index in [2.05, 4.69) is 10.5 Å². The summed E-state index contributed by atoms with van der Waals surface area (Å²) < 4.78 is 0. The summed E-state index contributed by atoms with van der Waals surface area (Å²) in [6, 6.07) is 6.79. The molecule has 4 heteroatoms. The van der Waals surface area contributed by atoms with Crippen molar-refractivity contribution in [1.29, 1.82) is 0 Å². The monoisotopic (exact) mass is 178 g/mol. The predicted molar refractivity (Wildman–Crippen MR) is 50.7 cm³/mol. The Morgan fingerprint density at radius 3 is 2.77 bits per heavy atom. The van der Waals surface area contributed by atoms with E-state index in [1.165, 1.54) is 0 Å². The lowest BCUT2D eigenvalue weighted by molar-refractivity contribution is 0.100. The summed E-state index contributed by atoms with van der Waals surface area (Å²) in [6.45, 7) is 2.61. The first kappa shape index (κ1) is 9.38. The maximum atomic E-state index is 11.0. The highest BCUT2D eigenvalue weighted by atomic mass is 16.3. The van der Waals surface area contributed by atoms with Gasteiger partial charge in [-0.05, 0) is 19.1 Å². The van der Waals surface area contributed by atoms with E-state index < -0.39 is 5.91 Å². The minimum atomic E-state index is -0.739. The second-order valence-electron chi connectivity index (χ2n) is 2.47. The summed E-state index contributed by atoms with van der Waals surface area (Å²) in [5.74, 6) is -0.739. The topological polar surface area (TPSA) is 58.5 Å². The molecule has 0 fully saturated rings. The molecule has 13 heavy (non-hydrogen) atoms. The number of anilines is 1. The van der Waals surface area contributed by atoms with Crippen LogP contribution < -0.4 is 5.32 Å². The van der Waals surface area contributed by atoms with Gasteiger partial charge in [-0.1, -0.05) is 12.1 Å².